The topological polar surface area (TPSA) is 146 Å². The van der Waals surface area contributed by atoms with Gasteiger partial charge < -0.3 is 10.5 Å². The number of hydrogen-bond acceptors (Lipinski definition) is 9. The van der Waals surface area contributed by atoms with Crippen molar-refractivity contribution in [2.45, 2.75) is 19.3 Å². The lowest BCUT2D eigenvalue weighted by Gasteiger charge is -2.17. The summed E-state index contributed by atoms with van der Waals surface area (Å²) in [5.41, 5.74) is 12.6. The molecule has 2 heterocycles. The first-order chi connectivity index (χ1) is 16.2. The third-order valence-corrected chi connectivity index (χ3v) is 5.41. The van der Waals surface area contributed by atoms with E-state index < -0.39 is 5.91 Å². The van der Waals surface area contributed by atoms with Gasteiger partial charge in [-0.1, -0.05) is 41.6 Å². The van der Waals surface area contributed by atoms with E-state index in [0.29, 0.717) is 17.0 Å². The first-order valence-corrected chi connectivity index (χ1v) is 10.3. The van der Waals surface area contributed by atoms with Crippen LogP contribution >= 0.6 is 0 Å². The first-order valence-electron chi connectivity index (χ1n) is 10.3. The van der Waals surface area contributed by atoms with Gasteiger partial charge in [-0.05, 0) is 47.3 Å². The third-order valence-electron chi connectivity index (χ3n) is 5.41. The number of nitrogens with two attached hydrogens (primary N) is 1. The fourth-order valence-corrected chi connectivity index (χ4v) is 3.84. The molecule has 2 aromatic heterocycles. The Morgan fingerprint density at radius 3 is 2.88 bits per heavy atom. The third kappa shape index (κ3) is 3.80. The van der Waals surface area contributed by atoms with Crippen LogP contribution < -0.4 is 15.9 Å². The number of nitrogen functional groups attached to an aromatic ring is 1. The van der Waals surface area contributed by atoms with Crippen LogP contribution in [0.4, 0.5) is 5.82 Å². The molecule has 1 amide bonds. The molecule has 0 unspecified atom stereocenters. The number of fused-ring (bicyclic) bond motifs is 1. The predicted molar refractivity (Wildman–Crippen MR) is 119 cm³/mol. The fourth-order valence-electron chi connectivity index (χ4n) is 3.84. The van der Waals surface area contributed by atoms with E-state index in [0.717, 1.165) is 30.5 Å². The molecular weight excluding hydrogens is 424 g/mol. The molecule has 11 heteroatoms. The van der Waals surface area contributed by atoms with Crippen molar-refractivity contribution in [3.8, 4) is 22.8 Å². The molecule has 11 nitrogen and oxygen atoms in total. The number of benzene rings is 2. The first kappa shape index (κ1) is 20.4. The van der Waals surface area contributed by atoms with Gasteiger partial charge in [-0.3, -0.25) is 4.79 Å². The monoisotopic (exact) mass is 444 g/mol. The van der Waals surface area contributed by atoms with Crippen molar-refractivity contribution in [2.75, 3.05) is 12.8 Å². The van der Waals surface area contributed by atoms with Crippen LogP contribution in [0.3, 0.4) is 0 Å². The van der Waals surface area contributed by atoms with Crippen molar-refractivity contribution < 1.29 is 14.2 Å². The van der Waals surface area contributed by atoms with Crippen LogP contribution in [-0.2, 0) is 6.42 Å². The van der Waals surface area contributed by atoms with Crippen LogP contribution in [0.1, 0.15) is 34.5 Å². The fraction of sp³-hybridized carbons (Fsp3) is 0.182. The Kier molecular flexibility index (Phi) is 5.27. The van der Waals surface area contributed by atoms with Crippen LogP contribution in [0.2, 0.25) is 0 Å². The molecule has 0 saturated heterocycles. The second kappa shape index (κ2) is 8.54. The molecule has 5 rings (SSSR count). The van der Waals surface area contributed by atoms with E-state index in [1.807, 2.05) is 18.2 Å². The van der Waals surface area contributed by atoms with Gasteiger partial charge in [0.2, 0.25) is 11.6 Å². The maximum absolute atomic E-state index is 13.2. The zero-order valence-corrected chi connectivity index (χ0v) is 17.7. The van der Waals surface area contributed by atoms with E-state index in [1.54, 1.807) is 31.4 Å². The molecule has 0 bridgehead atoms. The normalized spacial score (nSPS) is 14.2. The quantitative estimate of drug-likeness (QED) is 0.446. The molecular formula is C22H20N8O3. The van der Waals surface area contributed by atoms with E-state index in [-0.39, 0.29) is 17.3 Å². The lowest BCUT2D eigenvalue weighted by atomic mass is 9.90. The minimum absolute atomic E-state index is 0.00931. The summed E-state index contributed by atoms with van der Waals surface area (Å²) in [6.45, 7) is 0. The van der Waals surface area contributed by atoms with Crippen molar-refractivity contribution in [1.82, 2.24) is 30.7 Å². The highest BCUT2D eigenvalue weighted by molar-refractivity contribution is 6.04. The molecule has 33 heavy (non-hydrogen) atoms. The van der Waals surface area contributed by atoms with Crippen LogP contribution in [0.5, 0.6) is 5.75 Å². The lowest BCUT2D eigenvalue weighted by Crippen LogP contribution is -2.23. The van der Waals surface area contributed by atoms with Gasteiger partial charge in [-0.2, -0.15) is 9.78 Å². The van der Waals surface area contributed by atoms with Gasteiger partial charge in [0.05, 0.1) is 12.8 Å². The van der Waals surface area contributed by atoms with E-state index in [1.165, 1.54) is 10.2 Å². The number of nitrogens with zero attached hydrogens (tertiary/aromatic N) is 6. The SMILES string of the molecule is COc1cccc(-c2c(C(=O)NN=C3CCCc4ccccc43)nnn2-c2nonc2N)c1. The van der Waals surface area contributed by atoms with Crippen molar-refractivity contribution in [3.05, 3.63) is 65.4 Å². The summed E-state index contributed by atoms with van der Waals surface area (Å²) in [7, 11) is 1.56. The summed E-state index contributed by atoms with van der Waals surface area (Å²) in [6, 6.07) is 15.2. The summed E-state index contributed by atoms with van der Waals surface area (Å²) in [5.74, 6) is 0.198. The summed E-state index contributed by atoms with van der Waals surface area (Å²) in [4.78, 5) is 13.2. The molecule has 1 aliphatic rings. The van der Waals surface area contributed by atoms with Crippen LogP contribution in [0, 0.1) is 0 Å². The molecule has 2 aromatic carbocycles. The van der Waals surface area contributed by atoms with Crippen molar-refractivity contribution in [2.24, 2.45) is 5.10 Å². The van der Waals surface area contributed by atoms with Gasteiger partial charge in [-0.15, -0.1) is 5.10 Å². The van der Waals surface area contributed by atoms with E-state index in [2.05, 4.69) is 37.2 Å². The molecule has 0 saturated carbocycles. The van der Waals surface area contributed by atoms with Gasteiger partial charge in [0, 0.05) is 11.1 Å². The molecule has 0 fully saturated rings. The highest BCUT2D eigenvalue weighted by Crippen LogP contribution is 2.29. The molecule has 0 radical (unpaired) electrons. The molecule has 166 valence electrons. The number of aromatic nitrogens is 5. The molecule has 1 aliphatic carbocycles. The largest absolute Gasteiger partial charge is 0.497 e. The van der Waals surface area contributed by atoms with Gasteiger partial charge in [0.25, 0.3) is 5.91 Å². The van der Waals surface area contributed by atoms with Crippen LogP contribution in [0.15, 0.2) is 58.3 Å². The van der Waals surface area contributed by atoms with E-state index >= 15 is 0 Å². The standard InChI is InChI=1S/C22H20N8O3/c1-32-15-9-4-8-14(12-15)19-18(25-29-30(19)21-20(23)27-33-28-21)22(31)26-24-17-11-5-7-13-6-2-3-10-16(13)17/h2-4,6,8-10,12H,5,7,11H2,1H3,(H2,23,27)(H,26,31). The van der Waals surface area contributed by atoms with Gasteiger partial charge in [0.15, 0.2) is 5.69 Å². The number of hydrazone groups is 1. The van der Waals surface area contributed by atoms with Gasteiger partial charge in [-0.25, -0.2) is 10.1 Å². The number of nitrogens with one attached hydrogen (secondary N) is 1. The van der Waals surface area contributed by atoms with E-state index in [9.17, 15) is 4.79 Å². The molecule has 0 aliphatic heterocycles. The number of aryl methyl sites for hydroxylation is 1. The van der Waals surface area contributed by atoms with Crippen molar-refractivity contribution in [3.63, 3.8) is 0 Å². The van der Waals surface area contributed by atoms with Gasteiger partial charge >= 0.3 is 0 Å². The molecule has 3 N–H and O–H groups in total. The number of hydrogen-bond donors (Lipinski definition) is 2. The second-order valence-corrected chi connectivity index (χ2v) is 7.41. The minimum atomic E-state index is -0.523. The summed E-state index contributed by atoms with van der Waals surface area (Å²) in [5, 5.41) is 19.9. The summed E-state index contributed by atoms with van der Waals surface area (Å²) >= 11 is 0. The van der Waals surface area contributed by atoms with Crippen molar-refractivity contribution >= 4 is 17.4 Å². The number of methoxy groups -OCH3 is 1. The van der Waals surface area contributed by atoms with Crippen molar-refractivity contribution in [1.29, 1.82) is 0 Å². The lowest BCUT2D eigenvalue weighted by molar-refractivity contribution is 0.0950. The average molecular weight is 444 g/mol. The van der Waals surface area contributed by atoms with Crippen LogP contribution in [0.25, 0.3) is 17.1 Å². The Labute approximate surface area is 188 Å². The number of rotatable bonds is 5. The Balaban J connectivity index is 1.54. The minimum Gasteiger partial charge on any atom is -0.497 e. The highest BCUT2D eigenvalue weighted by Gasteiger charge is 2.26. The smallest absolute Gasteiger partial charge is 0.294 e. The maximum atomic E-state index is 13.2. The molecule has 0 spiro atoms. The molecule has 4 aromatic rings. The zero-order valence-electron chi connectivity index (χ0n) is 17.7. The maximum Gasteiger partial charge on any atom is 0.294 e. The van der Waals surface area contributed by atoms with E-state index in [4.69, 9.17) is 15.1 Å². The number of carbonyl (C=O) groups excluding carboxylic acids is 1. The predicted octanol–water partition coefficient (Wildman–Crippen LogP) is 2.38. The Morgan fingerprint density at radius 2 is 2.06 bits per heavy atom. The highest BCUT2D eigenvalue weighted by atomic mass is 16.6. The average Bonchev–Trinajstić information content (AvgIpc) is 3.48. The molecule has 0 atom stereocenters. The van der Waals surface area contributed by atoms with Gasteiger partial charge in [0.1, 0.15) is 11.4 Å². The Morgan fingerprint density at radius 1 is 1.18 bits per heavy atom. The van der Waals surface area contributed by atoms with Crippen LogP contribution in [-0.4, -0.2) is 44.0 Å². The number of amides is 1. The Bertz CT molecular complexity index is 1360. The number of anilines is 1. The second-order valence-electron chi connectivity index (χ2n) is 7.41. The number of ether oxygens (including phenoxy) is 1. The zero-order chi connectivity index (χ0) is 22.8. The Hall–Kier alpha value is -4.54. The summed E-state index contributed by atoms with van der Waals surface area (Å²) < 4.78 is 11.3. The number of carbonyl (C=O) groups is 1. The summed E-state index contributed by atoms with van der Waals surface area (Å²) in [6.07, 6.45) is 2.73.